The van der Waals surface area contributed by atoms with Crippen LogP contribution in [0.5, 0.6) is 0 Å². The van der Waals surface area contributed by atoms with Gasteiger partial charge in [-0.3, -0.25) is 0 Å². The summed E-state index contributed by atoms with van der Waals surface area (Å²) in [6.07, 6.45) is 7.34. The van der Waals surface area contributed by atoms with E-state index in [0.29, 0.717) is 12.2 Å². The molecule has 0 radical (unpaired) electrons. The number of hydrogen-bond acceptors (Lipinski definition) is 7. The lowest BCUT2D eigenvalue weighted by Gasteiger charge is -2.32. The molecule has 0 spiro atoms. The second-order valence-electron chi connectivity index (χ2n) is 6.28. The third kappa shape index (κ3) is 4.40. The monoisotopic (exact) mass is 436 g/mol. The molecule has 10 heteroatoms. The fourth-order valence-corrected chi connectivity index (χ4v) is 6.45. The summed E-state index contributed by atoms with van der Waals surface area (Å²) in [7, 11) is -1.80. The Morgan fingerprint density at radius 3 is 2.52 bits per heavy atom. The lowest BCUT2D eigenvalue weighted by Crippen LogP contribution is -2.46. The highest BCUT2D eigenvalue weighted by atomic mass is 32.3. The van der Waals surface area contributed by atoms with Crippen molar-refractivity contribution < 1.29 is 27.8 Å². The van der Waals surface area contributed by atoms with E-state index < -0.39 is 32.2 Å². The number of aromatic carboxylic acids is 1. The SMILES string of the molecule is COC1=CCC(CN([s+]2ccnc2)S(=O)(=O)c2ccc(C(=O)[O-])cc2)(OC)C=C1. The summed E-state index contributed by atoms with van der Waals surface area (Å²) in [5.74, 6) is -0.695. The van der Waals surface area contributed by atoms with Crippen molar-refractivity contribution in [1.29, 1.82) is 0 Å². The van der Waals surface area contributed by atoms with Crippen molar-refractivity contribution in [2.45, 2.75) is 16.9 Å². The standard InChI is InChI=1S/C19H20N2O6S2/c1-26-16-7-9-19(27-2,10-8-16)13-21(28-12-11-20-14-28)29(24,25)17-5-3-15(4-6-17)18(22)23/h3-9,11-12,14H,10,13H2,1-2H3. The van der Waals surface area contributed by atoms with E-state index in [4.69, 9.17) is 9.47 Å². The Balaban J connectivity index is 1.99. The number of aromatic nitrogens is 1. The fourth-order valence-electron chi connectivity index (χ4n) is 2.85. The zero-order valence-corrected chi connectivity index (χ0v) is 17.5. The Bertz CT molecular complexity index is 1030. The van der Waals surface area contributed by atoms with Gasteiger partial charge in [0.1, 0.15) is 22.0 Å². The molecule has 1 aliphatic rings. The van der Waals surface area contributed by atoms with E-state index in [0.717, 1.165) is 0 Å². The van der Waals surface area contributed by atoms with Crippen LogP contribution in [0, 0.1) is 0 Å². The number of rotatable bonds is 8. The number of carbonyl (C=O) groups is 1. The molecule has 8 nitrogen and oxygen atoms in total. The summed E-state index contributed by atoms with van der Waals surface area (Å²) >= 11 is 0. The summed E-state index contributed by atoms with van der Waals surface area (Å²) in [4.78, 5) is 15.0. The lowest BCUT2D eigenvalue weighted by atomic mass is 9.94. The van der Waals surface area contributed by atoms with E-state index in [-0.39, 0.29) is 17.0 Å². The molecule has 1 heterocycles. The highest BCUT2D eigenvalue weighted by Gasteiger charge is 2.42. The van der Waals surface area contributed by atoms with E-state index in [1.165, 1.54) is 35.1 Å². The van der Waals surface area contributed by atoms with Gasteiger partial charge in [0.2, 0.25) is 0 Å². The zero-order valence-electron chi connectivity index (χ0n) is 15.8. The molecule has 1 aliphatic carbocycles. The van der Waals surface area contributed by atoms with Crippen molar-refractivity contribution in [2.24, 2.45) is 0 Å². The number of carbonyl (C=O) groups excluding carboxylic acids is 1. The third-order valence-electron chi connectivity index (χ3n) is 4.59. The zero-order chi connectivity index (χ0) is 21.1. The van der Waals surface area contributed by atoms with Crippen LogP contribution in [0.1, 0.15) is 16.8 Å². The third-order valence-corrected chi connectivity index (χ3v) is 8.56. The van der Waals surface area contributed by atoms with Crippen LogP contribution < -0.4 is 8.82 Å². The van der Waals surface area contributed by atoms with Crippen LogP contribution in [0.3, 0.4) is 0 Å². The number of allylic oxidation sites excluding steroid dienone is 1. The fraction of sp³-hybridized carbons (Fsp3) is 0.263. The highest BCUT2D eigenvalue weighted by molar-refractivity contribution is 7.96. The first kappa shape index (κ1) is 21.2. The Morgan fingerprint density at radius 1 is 1.31 bits per heavy atom. The number of carboxylic acid groups (broad SMARTS) is 1. The number of benzene rings is 1. The molecule has 0 N–H and O–H groups in total. The predicted octanol–water partition coefficient (Wildman–Crippen LogP) is 1.40. The van der Waals surface area contributed by atoms with Gasteiger partial charge in [0.15, 0.2) is 5.38 Å². The maximum Gasteiger partial charge on any atom is 0.285 e. The molecule has 1 aromatic carbocycles. The van der Waals surface area contributed by atoms with Crippen LogP contribution in [-0.2, 0) is 19.5 Å². The molecule has 0 fully saturated rings. The molecular weight excluding hydrogens is 416 g/mol. The second kappa shape index (κ2) is 8.46. The maximum atomic E-state index is 13.4. The van der Waals surface area contributed by atoms with Crippen LogP contribution in [0.15, 0.2) is 70.2 Å². The topological polar surface area (TPSA) is 109 Å². The molecule has 0 saturated heterocycles. The average molecular weight is 437 g/mol. The van der Waals surface area contributed by atoms with Gasteiger partial charge >= 0.3 is 0 Å². The van der Waals surface area contributed by atoms with Gasteiger partial charge in [0.05, 0.1) is 30.7 Å². The molecule has 2 aromatic rings. The number of carboxylic acids is 1. The lowest BCUT2D eigenvalue weighted by molar-refractivity contribution is -0.255. The number of sulfonamides is 1. The molecule has 2 unspecified atom stereocenters. The van der Waals surface area contributed by atoms with Gasteiger partial charge in [0.25, 0.3) is 15.5 Å². The summed E-state index contributed by atoms with van der Waals surface area (Å²) in [5.41, 5.74) is 0.581. The largest absolute Gasteiger partial charge is 0.545 e. The van der Waals surface area contributed by atoms with Crippen molar-refractivity contribution in [3.63, 3.8) is 0 Å². The number of nitrogens with zero attached hydrogens (tertiary/aromatic N) is 2. The molecule has 2 atom stereocenters. The number of ether oxygens (including phenoxy) is 2. The average Bonchev–Trinajstić information content (AvgIpc) is 3.27. The summed E-state index contributed by atoms with van der Waals surface area (Å²) < 4.78 is 39.0. The number of thiazole rings is 1. The Morgan fingerprint density at radius 2 is 2.03 bits per heavy atom. The number of hydrogen-bond donors (Lipinski definition) is 0. The Kier molecular flexibility index (Phi) is 6.18. The van der Waals surface area contributed by atoms with Gasteiger partial charge in [-0.2, -0.15) is 0 Å². The van der Waals surface area contributed by atoms with E-state index in [2.05, 4.69) is 4.98 Å². The van der Waals surface area contributed by atoms with Crippen LogP contribution in [0.25, 0.3) is 0 Å². The van der Waals surface area contributed by atoms with E-state index in [9.17, 15) is 18.3 Å². The number of methoxy groups -OCH3 is 2. The van der Waals surface area contributed by atoms with Gasteiger partial charge in [-0.05, 0) is 35.9 Å². The van der Waals surface area contributed by atoms with Gasteiger partial charge in [-0.25, -0.2) is 13.4 Å². The van der Waals surface area contributed by atoms with Crippen molar-refractivity contribution in [2.75, 3.05) is 24.5 Å². The molecule has 0 aliphatic heterocycles. The van der Waals surface area contributed by atoms with Crippen LogP contribution in [-0.4, -0.2) is 45.7 Å². The first-order chi connectivity index (χ1) is 13.8. The van der Waals surface area contributed by atoms with Crippen LogP contribution in [0.4, 0.5) is 0 Å². The molecule has 3 rings (SSSR count). The minimum absolute atomic E-state index is 0.0251. The minimum Gasteiger partial charge on any atom is -0.545 e. The molecule has 1 aromatic heterocycles. The quantitative estimate of drug-likeness (QED) is 0.575. The van der Waals surface area contributed by atoms with Crippen LogP contribution in [0.2, 0.25) is 0 Å². The summed E-state index contributed by atoms with van der Waals surface area (Å²) in [5, 5.41) is 12.7. The maximum absolute atomic E-state index is 13.4. The Labute approximate surface area is 171 Å². The first-order valence-electron chi connectivity index (χ1n) is 8.56. The van der Waals surface area contributed by atoms with Crippen molar-refractivity contribution in [3.8, 4) is 0 Å². The van der Waals surface area contributed by atoms with E-state index >= 15 is 0 Å². The summed E-state index contributed by atoms with van der Waals surface area (Å²) in [6.45, 7) is 0.0392. The van der Waals surface area contributed by atoms with Crippen LogP contribution >= 0.6 is 10.7 Å². The molecule has 0 amide bonds. The van der Waals surface area contributed by atoms with Gasteiger partial charge < -0.3 is 19.4 Å². The van der Waals surface area contributed by atoms with Gasteiger partial charge in [-0.1, -0.05) is 12.1 Å². The Hall–Kier alpha value is -2.53. The molecule has 0 saturated carbocycles. The molecule has 154 valence electrons. The predicted molar refractivity (Wildman–Crippen MR) is 106 cm³/mol. The smallest absolute Gasteiger partial charge is 0.285 e. The van der Waals surface area contributed by atoms with E-state index in [1.807, 2.05) is 6.08 Å². The van der Waals surface area contributed by atoms with Gasteiger partial charge in [-0.15, -0.1) is 0 Å². The van der Waals surface area contributed by atoms with Crippen molar-refractivity contribution >= 4 is 26.6 Å². The van der Waals surface area contributed by atoms with E-state index in [1.54, 1.807) is 36.3 Å². The first-order valence-corrected chi connectivity index (χ1v) is 11.3. The van der Waals surface area contributed by atoms with Crippen molar-refractivity contribution in [1.82, 2.24) is 4.98 Å². The highest BCUT2D eigenvalue weighted by Crippen LogP contribution is 2.33. The molecule has 0 bridgehead atoms. The van der Waals surface area contributed by atoms with Crippen molar-refractivity contribution in [3.05, 3.63) is 70.9 Å². The minimum atomic E-state index is -3.97. The summed E-state index contributed by atoms with van der Waals surface area (Å²) in [6, 6.07) is 4.93. The van der Waals surface area contributed by atoms with Gasteiger partial charge in [0, 0.05) is 17.2 Å². The molecular formula is C19H20N2O6S2. The normalized spacial score (nSPS) is 19.8. The molecule has 29 heavy (non-hydrogen) atoms. The second-order valence-corrected chi connectivity index (χ2v) is 9.99.